The Morgan fingerprint density at radius 3 is 2.38 bits per heavy atom. The molecule has 0 aliphatic carbocycles. The van der Waals surface area contributed by atoms with Crippen LogP contribution in [-0.2, 0) is 5.66 Å². The number of nitrogens with one attached hydrogen (secondary N) is 1. The number of halogens is 1. The van der Waals surface area contributed by atoms with Crippen LogP contribution in [0.2, 0.25) is 5.02 Å². The molecule has 0 radical (unpaired) electrons. The lowest BCUT2D eigenvalue weighted by Gasteiger charge is -2.31. The number of nitrogens with two attached hydrogens (primary N) is 2. The van der Waals surface area contributed by atoms with Gasteiger partial charge in [0.05, 0.1) is 0 Å². The standard InChI is InChI=1S/C15H14ClN5/c16-12-9-5-4-8-11(12)15(18)13(20-21-14(17)19-15)10-6-2-1-3-7-10/h1-9H,18H2,(H3,17,19,21). The first-order valence-corrected chi connectivity index (χ1v) is 6.78. The lowest BCUT2D eigenvalue weighted by molar-refractivity contribution is 0.613. The van der Waals surface area contributed by atoms with Crippen molar-refractivity contribution in [1.82, 2.24) is 5.43 Å². The average molecular weight is 300 g/mol. The van der Waals surface area contributed by atoms with Crippen LogP contribution < -0.4 is 16.9 Å². The molecule has 1 aliphatic heterocycles. The molecule has 0 saturated heterocycles. The maximum absolute atomic E-state index is 6.53. The van der Waals surface area contributed by atoms with E-state index in [0.29, 0.717) is 16.3 Å². The molecule has 5 N–H and O–H groups in total. The maximum Gasteiger partial charge on any atom is 0.212 e. The molecule has 1 unspecified atom stereocenters. The Labute approximate surface area is 127 Å². The largest absolute Gasteiger partial charge is 0.368 e. The highest BCUT2D eigenvalue weighted by molar-refractivity contribution is 6.32. The molecule has 1 aliphatic rings. The van der Waals surface area contributed by atoms with Crippen LogP contribution >= 0.6 is 11.6 Å². The van der Waals surface area contributed by atoms with E-state index in [1.165, 1.54) is 0 Å². The molecule has 0 aromatic heterocycles. The van der Waals surface area contributed by atoms with Gasteiger partial charge < -0.3 is 5.73 Å². The van der Waals surface area contributed by atoms with Gasteiger partial charge in [0.2, 0.25) is 5.96 Å². The Morgan fingerprint density at radius 1 is 1.00 bits per heavy atom. The number of rotatable bonds is 2. The van der Waals surface area contributed by atoms with Gasteiger partial charge >= 0.3 is 0 Å². The number of benzene rings is 2. The van der Waals surface area contributed by atoms with Gasteiger partial charge in [0, 0.05) is 16.1 Å². The summed E-state index contributed by atoms with van der Waals surface area (Å²) < 4.78 is 0. The van der Waals surface area contributed by atoms with E-state index in [2.05, 4.69) is 15.5 Å². The van der Waals surface area contributed by atoms with E-state index in [-0.39, 0.29) is 5.96 Å². The Kier molecular flexibility index (Phi) is 3.37. The van der Waals surface area contributed by atoms with Crippen LogP contribution in [0.3, 0.4) is 0 Å². The zero-order chi connectivity index (χ0) is 14.9. The van der Waals surface area contributed by atoms with Crippen LogP contribution in [0.5, 0.6) is 0 Å². The van der Waals surface area contributed by atoms with Gasteiger partial charge in [-0.25, -0.2) is 10.4 Å². The van der Waals surface area contributed by atoms with Gasteiger partial charge in [0.25, 0.3) is 0 Å². The molecule has 2 aromatic carbocycles. The quantitative estimate of drug-likeness (QED) is 0.789. The SMILES string of the molecule is NC1=NC(N)(c2ccccc2Cl)C(c2ccccc2)=NN1. The number of nitrogens with zero attached hydrogens (tertiary/aromatic N) is 2. The second kappa shape index (κ2) is 5.20. The summed E-state index contributed by atoms with van der Waals surface area (Å²) in [5.74, 6) is 0.150. The Morgan fingerprint density at radius 2 is 1.67 bits per heavy atom. The molecule has 1 heterocycles. The predicted octanol–water partition coefficient (Wildman–Crippen LogP) is 1.77. The van der Waals surface area contributed by atoms with Crippen LogP contribution in [-0.4, -0.2) is 11.7 Å². The van der Waals surface area contributed by atoms with Crippen molar-refractivity contribution < 1.29 is 0 Å². The van der Waals surface area contributed by atoms with E-state index in [1.54, 1.807) is 6.07 Å². The van der Waals surface area contributed by atoms with Crippen molar-refractivity contribution in [3.8, 4) is 0 Å². The molecule has 0 spiro atoms. The lowest BCUT2D eigenvalue weighted by atomic mass is 9.90. The molecule has 0 bridgehead atoms. The van der Waals surface area contributed by atoms with Crippen molar-refractivity contribution in [2.75, 3.05) is 0 Å². The van der Waals surface area contributed by atoms with Gasteiger partial charge in [-0.1, -0.05) is 60.1 Å². The third kappa shape index (κ3) is 2.37. The molecule has 21 heavy (non-hydrogen) atoms. The molecule has 1 atom stereocenters. The number of aliphatic imine (C=N–C) groups is 1. The van der Waals surface area contributed by atoms with E-state index < -0.39 is 5.66 Å². The summed E-state index contributed by atoms with van der Waals surface area (Å²) in [6.45, 7) is 0. The average Bonchev–Trinajstić information content (AvgIpc) is 2.48. The summed E-state index contributed by atoms with van der Waals surface area (Å²) in [5.41, 5.74) is 15.8. The van der Waals surface area contributed by atoms with Crippen molar-refractivity contribution >= 4 is 23.3 Å². The van der Waals surface area contributed by atoms with Gasteiger partial charge in [0.15, 0.2) is 5.66 Å². The van der Waals surface area contributed by atoms with E-state index in [0.717, 1.165) is 5.56 Å². The van der Waals surface area contributed by atoms with Gasteiger partial charge in [-0.3, -0.25) is 5.73 Å². The van der Waals surface area contributed by atoms with Crippen LogP contribution in [0.1, 0.15) is 11.1 Å². The monoisotopic (exact) mass is 299 g/mol. The van der Waals surface area contributed by atoms with E-state index >= 15 is 0 Å². The summed E-state index contributed by atoms with van der Waals surface area (Å²) >= 11 is 6.28. The molecule has 3 rings (SSSR count). The third-order valence-electron chi connectivity index (χ3n) is 3.27. The zero-order valence-corrected chi connectivity index (χ0v) is 11.9. The summed E-state index contributed by atoms with van der Waals surface area (Å²) in [7, 11) is 0. The molecular formula is C15H14ClN5. The normalized spacial score (nSPS) is 21.2. The highest BCUT2D eigenvalue weighted by Gasteiger charge is 2.38. The number of hydrazone groups is 1. The van der Waals surface area contributed by atoms with Gasteiger partial charge in [0.1, 0.15) is 5.71 Å². The van der Waals surface area contributed by atoms with Crippen molar-refractivity contribution in [1.29, 1.82) is 0 Å². The van der Waals surface area contributed by atoms with Crippen molar-refractivity contribution in [3.63, 3.8) is 0 Å². The lowest BCUT2D eigenvalue weighted by Crippen LogP contribution is -2.51. The minimum atomic E-state index is -1.23. The first-order valence-electron chi connectivity index (χ1n) is 6.40. The fraction of sp³-hybridized carbons (Fsp3) is 0.0667. The Bertz CT molecular complexity index is 726. The van der Waals surface area contributed by atoms with Crippen LogP contribution in [0.4, 0.5) is 0 Å². The summed E-state index contributed by atoms with van der Waals surface area (Å²) in [5, 5.41) is 4.79. The maximum atomic E-state index is 6.53. The van der Waals surface area contributed by atoms with Gasteiger partial charge in [-0.05, 0) is 6.07 Å². The highest BCUT2D eigenvalue weighted by atomic mass is 35.5. The van der Waals surface area contributed by atoms with Crippen molar-refractivity contribution in [2.45, 2.75) is 5.66 Å². The molecule has 0 fully saturated rings. The predicted molar refractivity (Wildman–Crippen MR) is 85.1 cm³/mol. The first kappa shape index (κ1) is 13.6. The number of guanidine groups is 1. The van der Waals surface area contributed by atoms with Crippen LogP contribution in [0.25, 0.3) is 0 Å². The molecule has 0 saturated carbocycles. The number of hydrogen-bond donors (Lipinski definition) is 3. The summed E-state index contributed by atoms with van der Waals surface area (Å²) in [4.78, 5) is 4.35. The molecule has 2 aromatic rings. The second-order valence-corrected chi connectivity index (χ2v) is 5.09. The minimum absolute atomic E-state index is 0.150. The topological polar surface area (TPSA) is 88.8 Å². The molecular weight excluding hydrogens is 286 g/mol. The highest BCUT2D eigenvalue weighted by Crippen LogP contribution is 2.32. The van der Waals surface area contributed by atoms with Crippen molar-refractivity contribution in [3.05, 3.63) is 70.7 Å². The molecule has 5 nitrogen and oxygen atoms in total. The smallest absolute Gasteiger partial charge is 0.212 e. The van der Waals surface area contributed by atoms with E-state index in [4.69, 9.17) is 23.1 Å². The Hall–Kier alpha value is -2.37. The molecule has 6 heteroatoms. The summed E-state index contributed by atoms with van der Waals surface area (Å²) in [6.07, 6.45) is 0. The molecule has 0 amide bonds. The Balaban J connectivity index is 2.19. The third-order valence-corrected chi connectivity index (χ3v) is 3.60. The van der Waals surface area contributed by atoms with Gasteiger partial charge in [-0.2, -0.15) is 5.10 Å². The number of hydrogen-bond acceptors (Lipinski definition) is 5. The van der Waals surface area contributed by atoms with Crippen LogP contribution in [0, 0.1) is 0 Å². The van der Waals surface area contributed by atoms with E-state index in [1.807, 2.05) is 48.5 Å². The van der Waals surface area contributed by atoms with E-state index in [9.17, 15) is 0 Å². The minimum Gasteiger partial charge on any atom is -0.368 e. The first-order chi connectivity index (χ1) is 10.1. The second-order valence-electron chi connectivity index (χ2n) is 4.68. The van der Waals surface area contributed by atoms with Crippen molar-refractivity contribution in [2.24, 2.45) is 21.6 Å². The zero-order valence-electron chi connectivity index (χ0n) is 11.1. The summed E-state index contributed by atoms with van der Waals surface area (Å²) in [6, 6.07) is 16.8. The van der Waals surface area contributed by atoms with Gasteiger partial charge in [-0.15, -0.1) is 0 Å². The fourth-order valence-electron chi connectivity index (χ4n) is 2.31. The fourth-order valence-corrected chi connectivity index (χ4v) is 2.58. The molecule has 106 valence electrons. The van der Waals surface area contributed by atoms with Crippen LogP contribution in [0.15, 0.2) is 64.7 Å².